The number of benzene rings is 2. The van der Waals surface area contributed by atoms with Crippen molar-refractivity contribution in [1.29, 1.82) is 0 Å². The quantitative estimate of drug-likeness (QED) is 0.562. The molecule has 2 aromatic rings. The fourth-order valence-corrected chi connectivity index (χ4v) is 5.19. The summed E-state index contributed by atoms with van der Waals surface area (Å²) in [5.74, 6) is -0.527. The lowest BCUT2D eigenvalue weighted by Gasteiger charge is -2.23. The van der Waals surface area contributed by atoms with E-state index >= 15 is 0 Å². The van der Waals surface area contributed by atoms with Crippen LogP contribution in [0.15, 0.2) is 75.9 Å². The predicted molar refractivity (Wildman–Crippen MR) is 128 cm³/mol. The van der Waals surface area contributed by atoms with Crippen LogP contribution in [0.3, 0.4) is 0 Å². The molecule has 0 atom stereocenters. The van der Waals surface area contributed by atoms with E-state index < -0.39 is 9.84 Å². The van der Waals surface area contributed by atoms with Gasteiger partial charge in [-0.15, -0.1) is 0 Å². The smallest absolute Gasteiger partial charge is 0.275 e. The summed E-state index contributed by atoms with van der Waals surface area (Å²) in [6.45, 7) is 3.72. The molecule has 2 aromatic carbocycles. The topological polar surface area (TPSA) is 117 Å². The Labute approximate surface area is 192 Å². The van der Waals surface area contributed by atoms with Crippen LogP contribution in [0.2, 0.25) is 0 Å². The molecule has 0 radical (unpaired) electrons. The van der Waals surface area contributed by atoms with Crippen LogP contribution in [0.25, 0.3) is 4.91 Å². The Morgan fingerprint density at radius 3 is 2.48 bits per heavy atom. The van der Waals surface area contributed by atoms with Crippen molar-refractivity contribution in [3.8, 4) is 0 Å². The van der Waals surface area contributed by atoms with Gasteiger partial charge in [-0.05, 0) is 42.8 Å². The summed E-state index contributed by atoms with van der Waals surface area (Å²) in [5, 5.41) is 10.0. The Morgan fingerprint density at radius 2 is 1.79 bits per heavy atom. The highest BCUT2D eigenvalue weighted by Gasteiger charge is 2.32. The fourth-order valence-electron chi connectivity index (χ4n) is 3.70. The predicted octanol–water partition coefficient (Wildman–Crippen LogP) is 3.82. The molecule has 33 heavy (non-hydrogen) atoms. The molecule has 3 N–H and O–H groups in total. The summed E-state index contributed by atoms with van der Waals surface area (Å²) < 4.78 is 27.3. The second-order valence-electron chi connectivity index (χ2n) is 7.65. The third-order valence-corrected chi connectivity index (χ3v) is 7.17. The molecule has 0 bridgehead atoms. The maximum absolute atomic E-state index is 13.7. The number of rotatable bonds is 6. The third-order valence-electron chi connectivity index (χ3n) is 5.36. The van der Waals surface area contributed by atoms with Crippen molar-refractivity contribution in [3.63, 3.8) is 0 Å². The second kappa shape index (κ2) is 9.03. The number of amides is 2. The zero-order valence-corrected chi connectivity index (χ0v) is 19.1. The Bertz CT molecular complexity index is 1320. The van der Waals surface area contributed by atoms with Gasteiger partial charge in [0, 0.05) is 23.4 Å². The van der Waals surface area contributed by atoms with Crippen molar-refractivity contribution in [2.45, 2.75) is 38.0 Å². The summed E-state index contributed by atoms with van der Waals surface area (Å²) in [7, 11) is -3.93. The Kier molecular flexibility index (Phi) is 6.15. The van der Waals surface area contributed by atoms with Crippen LogP contribution in [0, 0.1) is 0 Å². The normalized spacial score (nSPS) is 17.5. The highest BCUT2D eigenvalue weighted by Crippen LogP contribution is 2.38. The van der Waals surface area contributed by atoms with Gasteiger partial charge >= 0.3 is 0 Å². The van der Waals surface area contributed by atoms with E-state index in [0.29, 0.717) is 46.8 Å². The van der Waals surface area contributed by atoms with Gasteiger partial charge in [-0.3, -0.25) is 9.59 Å². The van der Waals surface area contributed by atoms with Crippen LogP contribution in [-0.4, -0.2) is 25.9 Å². The van der Waals surface area contributed by atoms with Crippen LogP contribution in [0.4, 0.5) is 11.4 Å². The molecule has 0 saturated heterocycles. The Hall–Kier alpha value is -3.72. The largest absolute Gasteiger partial charge is 0.354 e. The number of nitrogens with one attached hydrogen (secondary N) is 3. The fraction of sp³-hybridized carbons (Fsp3) is 0.208. The molecule has 0 aliphatic carbocycles. The molecule has 0 spiro atoms. The van der Waals surface area contributed by atoms with E-state index in [0.717, 1.165) is 6.42 Å². The molecule has 9 heteroatoms. The van der Waals surface area contributed by atoms with Crippen LogP contribution in [-0.2, 0) is 19.4 Å². The first-order valence-corrected chi connectivity index (χ1v) is 12.2. The number of allylic oxidation sites excluding steroid dienone is 1. The molecular weight excluding hydrogens is 440 g/mol. The molecule has 2 heterocycles. The minimum Gasteiger partial charge on any atom is -0.354 e. The Morgan fingerprint density at radius 1 is 1.06 bits per heavy atom. The summed E-state index contributed by atoms with van der Waals surface area (Å²) in [6.07, 6.45) is 3.19. The third kappa shape index (κ3) is 4.31. The molecule has 0 aromatic heterocycles. The highest BCUT2D eigenvalue weighted by atomic mass is 32.2. The van der Waals surface area contributed by atoms with E-state index in [9.17, 15) is 18.0 Å². The van der Waals surface area contributed by atoms with Crippen LogP contribution in [0.1, 0.15) is 38.7 Å². The maximum Gasteiger partial charge on any atom is 0.275 e. The van der Waals surface area contributed by atoms with Gasteiger partial charge in [-0.25, -0.2) is 13.8 Å². The lowest BCUT2D eigenvalue weighted by Crippen LogP contribution is -2.21. The molecule has 8 nitrogen and oxygen atoms in total. The van der Waals surface area contributed by atoms with Crippen molar-refractivity contribution in [3.05, 3.63) is 71.4 Å². The van der Waals surface area contributed by atoms with Gasteiger partial charge in [0.25, 0.3) is 5.91 Å². The van der Waals surface area contributed by atoms with E-state index in [1.807, 2.05) is 6.92 Å². The average molecular weight is 465 g/mol. The molecule has 170 valence electrons. The first-order valence-electron chi connectivity index (χ1n) is 10.7. The summed E-state index contributed by atoms with van der Waals surface area (Å²) in [6, 6.07) is 13.1. The van der Waals surface area contributed by atoms with Crippen molar-refractivity contribution in [2.24, 2.45) is 5.10 Å². The minimum atomic E-state index is -3.93. The van der Waals surface area contributed by atoms with Gasteiger partial charge < -0.3 is 10.6 Å². The molecule has 0 unspecified atom stereocenters. The van der Waals surface area contributed by atoms with Crippen LogP contribution >= 0.6 is 0 Å². The lowest BCUT2D eigenvalue weighted by atomic mass is 10.0. The monoisotopic (exact) mass is 464 g/mol. The van der Waals surface area contributed by atoms with E-state index in [4.69, 9.17) is 0 Å². The number of sulfone groups is 1. The average Bonchev–Trinajstić information content (AvgIpc) is 3.18. The first-order chi connectivity index (χ1) is 15.8. The first kappa shape index (κ1) is 22.5. The minimum absolute atomic E-state index is 0.0836. The molecule has 2 amide bonds. The van der Waals surface area contributed by atoms with Crippen LogP contribution in [0.5, 0.6) is 0 Å². The highest BCUT2D eigenvalue weighted by molar-refractivity contribution is 8.00. The van der Waals surface area contributed by atoms with Crippen molar-refractivity contribution < 1.29 is 18.0 Å². The van der Waals surface area contributed by atoms with Crippen LogP contribution < -0.4 is 16.1 Å². The zero-order valence-electron chi connectivity index (χ0n) is 18.3. The number of para-hydroxylation sites is 1. The van der Waals surface area contributed by atoms with E-state index in [1.165, 1.54) is 18.2 Å². The number of fused-ring (bicyclic) bond motifs is 1. The summed E-state index contributed by atoms with van der Waals surface area (Å²) >= 11 is 0. The number of carbonyl (C=O) groups excluding carboxylic acids is 2. The number of hydrazone groups is 1. The van der Waals surface area contributed by atoms with E-state index in [-0.39, 0.29) is 21.6 Å². The molecule has 4 rings (SSSR count). The SMILES string of the molecule is CCCC1=NNC(=O)C1=C1C=C(S(=O)(=O)c2ccc(NC(=O)CC)cc2)c2ccccc2N1. The summed E-state index contributed by atoms with van der Waals surface area (Å²) in [5.41, 5.74) is 5.42. The molecule has 2 aliphatic heterocycles. The number of carbonyl (C=O) groups is 2. The van der Waals surface area contributed by atoms with E-state index in [1.54, 1.807) is 43.3 Å². The number of hydrogen-bond donors (Lipinski definition) is 3. The molecular formula is C24H24N4O4S. The van der Waals surface area contributed by atoms with Gasteiger partial charge in [0.1, 0.15) is 0 Å². The van der Waals surface area contributed by atoms with E-state index in [2.05, 4.69) is 21.2 Å². The Balaban J connectivity index is 1.81. The van der Waals surface area contributed by atoms with Crippen molar-refractivity contribution in [2.75, 3.05) is 10.6 Å². The van der Waals surface area contributed by atoms with Crippen molar-refractivity contribution >= 4 is 43.6 Å². The molecule has 2 aliphatic rings. The van der Waals surface area contributed by atoms with Gasteiger partial charge in [-0.1, -0.05) is 38.5 Å². The molecule has 0 fully saturated rings. The lowest BCUT2D eigenvalue weighted by molar-refractivity contribution is -0.117. The number of nitrogens with zero attached hydrogens (tertiary/aromatic N) is 1. The van der Waals surface area contributed by atoms with Gasteiger partial charge in [0.2, 0.25) is 15.7 Å². The number of anilines is 2. The maximum atomic E-state index is 13.7. The second-order valence-corrected chi connectivity index (χ2v) is 9.56. The zero-order chi connectivity index (χ0) is 23.6. The summed E-state index contributed by atoms with van der Waals surface area (Å²) in [4.78, 5) is 24.3. The van der Waals surface area contributed by atoms with Crippen molar-refractivity contribution in [1.82, 2.24) is 5.43 Å². The van der Waals surface area contributed by atoms with Gasteiger partial charge in [-0.2, -0.15) is 5.10 Å². The van der Waals surface area contributed by atoms with Gasteiger partial charge in [0.15, 0.2) is 0 Å². The van der Waals surface area contributed by atoms with Gasteiger partial charge in [0.05, 0.1) is 26.8 Å². The number of hydrogen-bond acceptors (Lipinski definition) is 6. The molecule has 0 saturated carbocycles. The standard InChI is InChI=1S/C24H24N4O4S/c1-3-7-19-23(24(30)28-27-19)20-14-21(17-8-5-6-9-18(17)26-20)33(31,32)16-12-10-15(11-13-16)25-22(29)4-2/h5-6,8-14,26H,3-4,7H2,1-2H3,(H,25,29)(H,28,30).